The molecule has 3 rings (SSSR count). The summed E-state index contributed by atoms with van der Waals surface area (Å²) in [4.78, 5) is 16.3. The quantitative estimate of drug-likeness (QED) is 0.805. The number of rotatable bonds is 3. The summed E-state index contributed by atoms with van der Waals surface area (Å²) >= 11 is 4.33. The molecule has 1 fully saturated rings. The molecule has 1 aliphatic heterocycles. The predicted octanol–water partition coefficient (Wildman–Crippen LogP) is 2.75. The summed E-state index contributed by atoms with van der Waals surface area (Å²) in [6.07, 6.45) is 0.352. The van der Waals surface area contributed by atoms with Gasteiger partial charge < -0.3 is 10.5 Å². The van der Waals surface area contributed by atoms with Crippen LogP contribution < -0.4 is 5.73 Å². The summed E-state index contributed by atoms with van der Waals surface area (Å²) in [5.74, 6) is -1.54. The number of amidine groups is 1. The number of nitrogens with zero attached hydrogens (tertiary/aromatic N) is 1. The van der Waals surface area contributed by atoms with E-state index in [1.165, 1.54) is 25.3 Å². The fourth-order valence-corrected chi connectivity index (χ4v) is 4.80. The third-order valence-electron chi connectivity index (χ3n) is 4.21. The molecule has 1 aliphatic carbocycles. The number of hydrogen-bond donors (Lipinski definition) is 1. The summed E-state index contributed by atoms with van der Waals surface area (Å²) < 4.78 is 32.8. The molecule has 0 amide bonds. The molecule has 1 aromatic rings. The number of thioether (sulfide) groups is 1. The Morgan fingerprint density at radius 2 is 2.36 bits per heavy atom. The van der Waals surface area contributed by atoms with Gasteiger partial charge in [0.25, 0.3) is 0 Å². The van der Waals surface area contributed by atoms with Crippen molar-refractivity contribution in [2.75, 3.05) is 13.8 Å². The van der Waals surface area contributed by atoms with E-state index in [2.05, 4.69) is 20.9 Å². The number of methoxy groups -OCH3 is 1. The Morgan fingerprint density at radius 1 is 1.64 bits per heavy atom. The van der Waals surface area contributed by atoms with E-state index in [1.807, 2.05) is 0 Å². The topological polar surface area (TPSA) is 64.7 Å². The number of carbonyl (C=O) groups excluding carboxylic acids is 1. The lowest BCUT2D eigenvalue weighted by atomic mass is 9.85. The molecule has 1 heterocycles. The van der Waals surface area contributed by atoms with Crippen molar-refractivity contribution in [3.63, 3.8) is 0 Å². The molecule has 8 heteroatoms. The molecular formula is C14H13BrF2N2O2S. The van der Waals surface area contributed by atoms with Crippen LogP contribution in [-0.4, -0.2) is 29.7 Å². The Kier molecular flexibility index (Phi) is 3.71. The van der Waals surface area contributed by atoms with Gasteiger partial charge in [0, 0.05) is 16.0 Å². The van der Waals surface area contributed by atoms with Gasteiger partial charge in [0.05, 0.1) is 7.11 Å². The Hall–Kier alpha value is -1.15. The zero-order valence-electron chi connectivity index (χ0n) is 11.6. The molecule has 4 nitrogen and oxygen atoms in total. The molecule has 0 saturated heterocycles. The highest BCUT2D eigenvalue weighted by Crippen LogP contribution is 2.66. The normalized spacial score (nSPS) is 32.9. The van der Waals surface area contributed by atoms with E-state index in [0.717, 1.165) is 11.8 Å². The van der Waals surface area contributed by atoms with Crippen molar-refractivity contribution < 1.29 is 18.3 Å². The zero-order chi connectivity index (χ0) is 16.1. The summed E-state index contributed by atoms with van der Waals surface area (Å²) in [6, 6.07) is 4.25. The van der Waals surface area contributed by atoms with Gasteiger partial charge in [0.1, 0.15) is 22.8 Å². The molecule has 0 radical (unpaired) electrons. The Balaban J connectivity index is 2.16. The van der Waals surface area contributed by atoms with Crippen LogP contribution in [-0.2, 0) is 15.1 Å². The second kappa shape index (κ2) is 5.19. The number of alkyl halides is 1. The third-order valence-corrected chi connectivity index (χ3v) is 5.99. The van der Waals surface area contributed by atoms with E-state index in [0.29, 0.717) is 10.9 Å². The van der Waals surface area contributed by atoms with Crippen molar-refractivity contribution in [2.45, 2.75) is 16.7 Å². The summed E-state index contributed by atoms with van der Waals surface area (Å²) in [6.45, 7) is -0.939. The van der Waals surface area contributed by atoms with Crippen molar-refractivity contribution in [1.82, 2.24) is 0 Å². The predicted molar refractivity (Wildman–Crippen MR) is 83.8 cm³/mol. The number of aliphatic imine (C=N–C) groups is 1. The van der Waals surface area contributed by atoms with Crippen molar-refractivity contribution >= 4 is 38.8 Å². The Labute approximate surface area is 138 Å². The number of ether oxygens (including phenoxy) is 1. The maximum absolute atomic E-state index is 14.3. The van der Waals surface area contributed by atoms with Gasteiger partial charge in [-0.1, -0.05) is 27.7 Å². The lowest BCUT2D eigenvalue weighted by molar-refractivity contribution is -0.141. The van der Waals surface area contributed by atoms with Gasteiger partial charge in [-0.25, -0.2) is 13.8 Å². The van der Waals surface area contributed by atoms with Crippen molar-refractivity contribution in [2.24, 2.45) is 16.6 Å². The fourth-order valence-electron chi connectivity index (χ4n) is 3.11. The second-order valence-electron chi connectivity index (χ2n) is 5.37. The first-order chi connectivity index (χ1) is 10.4. The molecule has 3 atom stereocenters. The highest BCUT2D eigenvalue weighted by atomic mass is 79.9. The molecule has 0 bridgehead atoms. The molecule has 118 valence electrons. The van der Waals surface area contributed by atoms with Gasteiger partial charge in [-0.3, -0.25) is 4.79 Å². The van der Waals surface area contributed by atoms with Crippen LogP contribution in [0, 0.1) is 11.7 Å². The molecule has 22 heavy (non-hydrogen) atoms. The smallest absolute Gasteiger partial charge is 0.322 e. The van der Waals surface area contributed by atoms with Crippen LogP contribution >= 0.6 is 27.7 Å². The fraction of sp³-hybridized carbons (Fsp3) is 0.429. The molecule has 2 N–H and O–H groups in total. The summed E-state index contributed by atoms with van der Waals surface area (Å²) in [5, 5.41) is 0.0659. The van der Waals surface area contributed by atoms with Crippen LogP contribution in [0.25, 0.3) is 0 Å². The lowest BCUT2D eigenvalue weighted by Crippen LogP contribution is -2.43. The van der Waals surface area contributed by atoms with Crippen molar-refractivity contribution in [3.8, 4) is 0 Å². The van der Waals surface area contributed by atoms with E-state index in [9.17, 15) is 13.6 Å². The van der Waals surface area contributed by atoms with E-state index in [4.69, 9.17) is 10.5 Å². The van der Waals surface area contributed by atoms with E-state index in [1.54, 1.807) is 0 Å². The third kappa shape index (κ3) is 2.07. The zero-order valence-corrected chi connectivity index (χ0v) is 14.0. The second-order valence-corrected chi connectivity index (χ2v) is 7.64. The first kappa shape index (κ1) is 15.7. The number of halogens is 3. The van der Waals surface area contributed by atoms with Crippen molar-refractivity contribution in [3.05, 3.63) is 34.1 Å². The maximum atomic E-state index is 14.3. The molecule has 2 aliphatic rings. The van der Waals surface area contributed by atoms with Gasteiger partial charge in [0.2, 0.25) is 0 Å². The standard InChI is InChI=1S/C14H13BrF2N2O2S/c1-21-11(20)14-5-10(14)13(6-16,19-12(18)22-14)8-4-7(15)2-3-9(8)17/h2-4,10H,5-6H2,1H3,(H2,18,19)/t10-,13+,14-/m0/s1. The highest BCUT2D eigenvalue weighted by Gasteiger charge is 2.73. The van der Waals surface area contributed by atoms with Crippen LogP contribution in [0.1, 0.15) is 12.0 Å². The Bertz CT molecular complexity index is 687. The molecule has 1 saturated carbocycles. The van der Waals surface area contributed by atoms with Crippen molar-refractivity contribution in [1.29, 1.82) is 0 Å². The van der Waals surface area contributed by atoms with E-state index >= 15 is 0 Å². The maximum Gasteiger partial charge on any atom is 0.322 e. The number of esters is 1. The average Bonchev–Trinajstić information content (AvgIpc) is 3.24. The SMILES string of the molecule is COC(=O)[C@]12C[C@H]1[C@@](CF)(c1cc(Br)ccc1F)N=C(N)S2. The minimum atomic E-state index is -1.49. The minimum absolute atomic E-state index is 0.0659. The monoisotopic (exact) mass is 390 g/mol. The average molecular weight is 391 g/mol. The van der Waals surface area contributed by atoms with Gasteiger partial charge in [0.15, 0.2) is 5.17 Å². The van der Waals surface area contributed by atoms with Crippen LogP contribution in [0.5, 0.6) is 0 Å². The Morgan fingerprint density at radius 3 is 3.00 bits per heavy atom. The van der Waals surface area contributed by atoms with Gasteiger partial charge in [-0.05, 0) is 24.6 Å². The van der Waals surface area contributed by atoms with Crippen LogP contribution in [0.3, 0.4) is 0 Å². The molecular weight excluding hydrogens is 378 g/mol. The summed E-state index contributed by atoms with van der Waals surface area (Å²) in [7, 11) is 1.27. The number of carbonyl (C=O) groups is 1. The minimum Gasteiger partial charge on any atom is -0.468 e. The van der Waals surface area contributed by atoms with E-state index < -0.39 is 34.7 Å². The lowest BCUT2D eigenvalue weighted by Gasteiger charge is -2.34. The number of fused-ring (bicyclic) bond motifs is 1. The van der Waals surface area contributed by atoms with Crippen LogP contribution in [0.15, 0.2) is 27.7 Å². The number of nitrogens with two attached hydrogens (primary N) is 1. The molecule has 0 unspecified atom stereocenters. The molecule has 0 spiro atoms. The number of benzene rings is 1. The molecule has 1 aromatic carbocycles. The number of hydrogen-bond acceptors (Lipinski definition) is 5. The highest BCUT2D eigenvalue weighted by molar-refractivity contribution is 9.10. The largest absolute Gasteiger partial charge is 0.468 e. The van der Waals surface area contributed by atoms with E-state index in [-0.39, 0.29) is 10.7 Å². The molecule has 0 aromatic heterocycles. The van der Waals surface area contributed by atoms with Gasteiger partial charge in [-0.15, -0.1) is 0 Å². The van der Waals surface area contributed by atoms with Gasteiger partial charge >= 0.3 is 5.97 Å². The first-order valence-electron chi connectivity index (χ1n) is 6.54. The summed E-state index contributed by atoms with van der Waals surface area (Å²) in [5.41, 5.74) is 4.42. The first-order valence-corrected chi connectivity index (χ1v) is 8.15. The van der Waals surface area contributed by atoms with Crippen LogP contribution in [0.2, 0.25) is 0 Å². The van der Waals surface area contributed by atoms with Crippen LogP contribution in [0.4, 0.5) is 8.78 Å². The van der Waals surface area contributed by atoms with Gasteiger partial charge in [-0.2, -0.15) is 0 Å².